The van der Waals surface area contributed by atoms with Gasteiger partial charge in [0, 0.05) is 30.8 Å². The zero-order chi connectivity index (χ0) is 21.7. The third-order valence-corrected chi connectivity index (χ3v) is 5.83. The summed E-state index contributed by atoms with van der Waals surface area (Å²) < 4.78 is 0.413. The molecule has 0 spiro atoms. The lowest BCUT2D eigenvalue weighted by atomic mass is 10.2. The number of rotatable bonds is 7. The molecule has 1 N–H and O–H groups in total. The Bertz CT molecular complexity index is 1050. The van der Waals surface area contributed by atoms with Gasteiger partial charge in [0.2, 0.25) is 5.91 Å². The molecule has 0 radical (unpaired) electrons. The number of nitro benzene ring substituents is 1. The lowest BCUT2D eigenvalue weighted by Gasteiger charge is -2.14. The first-order valence-corrected chi connectivity index (χ1v) is 10.4. The summed E-state index contributed by atoms with van der Waals surface area (Å²) in [4.78, 5) is 37.1. The van der Waals surface area contributed by atoms with Crippen molar-refractivity contribution in [3.63, 3.8) is 0 Å². The SMILES string of the molecule is Cc1ccccc1NC(=O)CCCN1C(=O)/C(=C/c2cccc([N+](=O)[O-])c2)SC1=S. The highest BCUT2D eigenvalue weighted by Crippen LogP contribution is 2.33. The minimum atomic E-state index is -0.482. The molecule has 1 fully saturated rings. The molecule has 154 valence electrons. The third kappa shape index (κ3) is 5.31. The van der Waals surface area contributed by atoms with Gasteiger partial charge in [-0.1, -0.05) is 54.3 Å². The summed E-state index contributed by atoms with van der Waals surface area (Å²) in [6, 6.07) is 13.6. The fourth-order valence-electron chi connectivity index (χ4n) is 2.90. The molecule has 0 unspecified atom stereocenters. The van der Waals surface area contributed by atoms with E-state index in [1.807, 2.05) is 31.2 Å². The Kier molecular flexibility index (Phi) is 6.96. The highest BCUT2D eigenvalue weighted by Gasteiger charge is 2.31. The normalized spacial score (nSPS) is 15.0. The molecule has 0 aromatic heterocycles. The molecule has 2 aromatic carbocycles. The van der Waals surface area contributed by atoms with Gasteiger partial charge in [0.1, 0.15) is 4.32 Å². The number of nitro groups is 1. The van der Waals surface area contributed by atoms with E-state index in [9.17, 15) is 19.7 Å². The Morgan fingerprint density at radius 1 is 1.27 bits per heavy atom. The van der Waals surface area contributed by atoms with Crippen LogP contribution in [0.5, 0.6) is 0 Å². The van der Waals surface area contributed by atoms with Crippen LogP contribution >= 0.6 is 24.0 Å². The van der Waals surface area contributed by atoms with E-state index in [1.54, 1.807) is 18.2 Å². The number of aryl methyl sites for hydroxylation is 1. The molecular formula is C21H19N3O4S2. The van der Waals surface area contributed by atoms with E-state index in [2.05, 4.69) is 5.32 Å². The first-order valence-electron chi connectivity index (χ1n) is 9.20. The molecule has 1 saturated heterocycles. The van der Waals surface area contributed by atoms with Crippen molar-refractivity contribution in [1.82, 2.24) is 4.90 Å². The summed E-state index contributed by atoms with van der Waals surface area (Å²) in [5, 5.41) is 13.8. The van der Waals surface area contributed by atoms with Crippen molar-refractivity contribution in [2.45, 2.75) is 19.8 Å². The van der Waals surface area contributed by atoms with E-state index in [4.69, 9.17) is 12.2 Å². The van der Waals surface area contributed by atoms with Gasteiger partial charge in [0.05, 0.1) is 9.83 Å². The maximum Gasteiger partial charge on any atom is 0.270 e. The van der Waals surface area contributed by atoms with Crippen LogP contribution in [0.1, 0.15) is 24.0 Å². The van der Waals surface area contributed by atoms with Gasteiger partial charge in [-0.2, -0.15) is 0 Å². The fourth-order valence-corrected chi connectivity index (χ4v) is 4.20. The van der Waals surface area contributed by atoms with Gasteiger partial charge in [0.15, 0.2) is 0 Å². The standard InChI is InChI=1S/C21H19N3O4S2/c1-14-6-2-3-9-17(14)22-19(25)10-5-11-23-20(26)18(30-21(23)29)13-15-7-4-8-16(12-15)24(27)28/h2-4,6-9,12-13H,5,10-11H2,1H3,(H,22,25)/b18-13-. The summed E-state index contributed by atoms with van der Waals surface area (Å²) in [5.74, 6) is -0.377. The smallest absolute Gasteiger partial charge is 0.270 e. The molecule has 1 aliphatic heterocycles. The molecule has 7 nitrogen and oxygen atoms in total. The quantitative estimate of drug-likeness (QED) is 0.294. The number of thiocarbonyl (C=S) groups is 1. The second-order valence-corrected chi connectivity index (χ2v) is 8.33. The van der Waals surface area contributed by atoms with Crippen molar-refractivity contribution in [3.8, 4) is 0 Å². The lowest BCUT2D eigenvalue weighted by molar-refractivity contribution is -0.384. The van der Waals surface area contributed by atoms with E-state index < -0.39 is 4.92 Å². The van der Waals surface area contributed by atoms with Crippen molar-refractivity contribution in [2.75, 3.05) is 11.9 Å². The summed E-state index contributed by atoms with van der Waals surface area (Å²) in [6.45, 7) is 2.25. The van der Waals surface area contributed by atoms with Crippen LogP contribution in [0.3, 0.4) is 0 Å². The van der Waals surface area contributed by atoms with Crippen LogP contribution < -0.4 is 5.32 Å². The largest absolute Gasteiger partial charge is 0.326 e. The zero-order valence-electron chi connectivity index (χ0n) is 16.2. The van der Waals surface area contributed by atoms with E-state index in [0.717, 1.165) is 23.0 Å². The molecule has 2 aromatic rings. The molecular weight excluding hydrogens is 422 g/mol. The van der Waals surface area contributed by atoms with Gasteiger partial charge in [-0.25, -0.2) is 0 Å². The number of benzene rings is 2. The number of non-ortho nitro benzene ring substituents is 1. The third-order valence-electron chi connectivity index (χ3n) is 4.46. The maximum absolute atomic E-state index is 12.7. The minimum Gasteiger partial charge on any atom is -0.326 e. The topological polar surface area (TPSA) is 92.6 Å². The van der Waals surface area contributed by atoms with Crippen LogP contribution in [-0.4, -0.2) is 32.5 Å². The molecule has 0 aliphatic carbocycles. The number of amides is 2. The predicted molar refractivity (Wildman–Crippen MR) is 122 cm³/mol. The predicted octanol–water partition coefficient (Wildman–Crippen LogP) is 4.52. The monoisotopic (exact) mass is 441 g/mol. The van der Waals surface area contributed by atoms with Gasteiger partial charge in [0.25, 0.3) is 11.6 Å². The lowest BCUT2D eigenvalue weighted by Crippen LogP contribution is -2.29. The second-order valence-electron chi connectivity index (χ2n) is 6.65. The first-order chi connectivity index (χ1) is 14.3. The van der Waals surface area contributed by atoms with Crippen molar-refractivity contribution >= 4 is 57.6 Å². The highest BCUT2D eigenvalue weighted by molar-refractivity contribution is 8.26. The number of nitrogens with zero attached hydrogens (tertiary/aromatic N) is 2. The van der Waals surface area contributed by atoms with Gasteiger partial charge in [-0.05, 0) is 36.6 Å². The van der Waals surface area contributed by atoms with Crippen LogP contribution in [0.15, 0.2) is 53.4 Å². The Morgan fingerprint density at radius 2 is 2.03 bits per heavy atom. The average Bonchev–Trinajstić information content (AvgIpc) is 2.97. The highest BCUT2D eigenvalue weighted by atomic mass is 32.2. The van der Waals surface area contributed by atoms with E-state index in [-0.39, 0.29) is 23.9 Å². The van der Waals surface area contributed by atoms with Crippen LogP contribution in [0.25, 0.3) is 6.08 Å². The van der Waals surface area contributed by atoms with Gasteiger partial charge in [-0.15, -0.1) is 0 Å². The Balaban J connectivity index is 1.57. The van der Waals surface area contributed by atoms with Crippen molar-refractivity contribution in [3.05, 3.63) is 74.7 Å². The van der Waals surface area contributed by atoms with E-state index in [1.165, 1.54) is 17.0 Å². The molecule has 30 heavy (non-hydrogen) atoms. The number of carbonyl (C=O) groups is 2. The van der Waals surface area contributed by atoms with Crippen molar-refractivity contribution < 1.29 is 14.5 Å². The number of hydrogen-bond acceptors (Lipinski definition) is 6. The Hall–Kier alpha value is -3.04. The molecule has 0 saturated carbocycles. The maximum atomic E-state index is 12.7. The second kappa shape index (κ2) is 9.64. The Morgan fingerprint density at radius 3 is 2.77 bits per heavy atom. The molecule has 0 bridgehead atoms. The molecule has 0 atom stereocenters. The van der Waals surface area contributed by atoms with Crippen LogP contribution in [0, 0.1) is 17.0 Å². The first kappa shape index (κ1) is 21.7. The minimum absolute atomic E-state index is 0.0427. The average molecular weight is 442 g/mol. The van der Waals surface area contributed by atoms with E-state index in [0.29, 0.717) is 27.8 Å². The van der Waals surface area contributed by atoms with Crippen LogP contribution in [0.4, 0.5) is 11.4 Å². The number of hydrogen-bond donors (Lipinski definition) is 1. The summed E-state index contributed by atoms with van der Waals surface area (Å²) in [6.07, 6.45) is 2.32. The Labute approximate surface area is 183 Å². The van der Waals surface area contributed by atoms with Crippen LogP contribution in [-0.2, 0) is 9.59 Å². The van der Waals surface area contributed by atoms with Gasteiger partial charge >= 0.3 is 0 Å². The van der Waals surface area contributed by atoms with Gasteiger partial charge in [-0.3, -0.25) is 24.6 Å². The van der Waals surface area contributed by atoms with Crippen molar-refractivity contribution in [2.24, 2.45) is 0 Å². The molecule has 1 heterocycles. The number of anilines is 1. The molecule has 2 amide bonds. The van der Waals surface area contributed by atoms with E-state index >= 15 is 0 Å². The zero-order valence-corrected chi connectivity index (χ0v) is 17.8. The molecule has 3 rings (SSSR count). The van der Waals surface area contributed by atoms with Crippen LogP contribution in [0.2, 0.25) is 0 Å². The van der Waals surface area contributed by atoms with Gasteiger partial charge < -0.3 is 5.32 Å². The fraction of sp³-hybridized carbons (Fsp3) is 0.190. The summed E-state index contributed by atoms with van der Waals surface area (Å²) in [7, 11) is 0. The summed E-state index contributed by atoms with van der Waals surface area (Å²) in [5.41, 5.74) is 2.27. The summed E-state index contributed by atoms with van der Waals surface area (Å²) >= 11 is 6.45. The number of nitrogens with one attached hydrogen (secondary N) is 1. The number of para-hydroxylation sites is 1. The molecule has 1 aliphatic rings. The number of carbonyl (C=O) groups excluding carboxylic acids is 2. The van der Waals surface area contributed by atoms with Crippen molar-refractivity contribution in [1.29, 1.82) is 0 Å². The number of thioether (sulfide) groups is 1. The molecule has 9 heteroatoms.